The predicted octanol–water partition coefficient (Wildman–Crippen LogP) is 3.95. The van der Waals surface area contributed by atoms with Gasteiger partial charge in [-0.2, -0.15) is 0 Å². The van der Waals surface area contributed by atoms with Crippen LogP contribution in [0.5, 0.6) is 0 Å². The normalized spacial score (nSPS) is 17.4. The van der Waals surface area contributed by atoms with Crippen molar-refractivity contribution in [3.05, 3.63) is 45.4 Å². The van der Waals surface area contributed by atoms with Gasteiger partial charge in [0.1, 0.15) is 0 Å². The number of nitrogens with zero attached hydrogens (tertiary/aromatic N) is 3. The Balaban J connectivity index is 1.48. The van der Waals surface area contributed by atoms with Crippen molar-refractivity contribution in [2.24, 2.45) is 0 Å². The Bertz CT molecular complexity index is 1010. The number of hydrogen-bond acceptors (Lipinski definition) is 5. The van der Waals surface area contributed by atoms with Crippen LogP contribution in [0, 0.1) is 6.92 Å². The fourth-order valence-electron chi connectivity index (χ4n) is 4.45. The number of thioether (sulfide) groups is 1. The molecule has 1 aromatic carbocycles. The van der Waals surface area contributed by atoms with Gasteiger partial charge in [-0.15, -0.1) is 0 Å². The highest BCUT2D eigenvalue weighted by Gasteiger charge is 2.30. The Morgan fingerprint density at radius 3 is 2.77 bits per heavy atom. The van der Waals surface area contributed by atoms with Crippen LogP contribution in [0.25, 0.3) is 0 Å². The van der Waals surface area contributed by atoms with Gasteiger partial charge >= 0.3 is 0 Å². The summed E-state index contributed by atoms with van der Waals surface area (Å²) in [4.78, 5) is 32.9. The van der Waals surface area contributed by atoms with Crippen molar-refractivity contribution in [1.29, 1.82) is 0 Å². The molecule has 1 atom stereocenters. The quantitative estimate of drug-likeness (QED) is 0.709. The number of hydrogen-bond donors (Lipinski definition) is 1. The van der Waals surface area contributed by atoms with E-state index in [4.69, 9.17) is 4.98 Å². The van der Waals surface area contributed by atoms with Crippen molar-refractivity contribution in [3.8, 4) is 0 Å². The van der Waals surface area contributed by atoms with Gasteiger partial charge in [-0.25, -0.2) is 4.98 Å². The molecule has 1 aliphatic carbocycles. The SMILES string of the molecule is CCN(CC)c1ccc(NC(=O)CC2CSc3nc4c(c(=O)n32)CCCC4)c(C)c1. The first-order chi connectivity index (χ1) is 14.5. The third kappa shape index (κ3) is 4.00. The third-order valence-corrected chi connectivity index (χ3v) is 7.25. The highest BCUT2D eigenvalue weighted by molar-refractivity contribution is 7.99. The molecule has 1 aliphatic heterocycles. The zero-order chi connectivity index (χ0) is 21.3. The second-order valence-electron chi connectivity index (χ2n) is 8.09. The van der Waals surface area contributed by atoms with Crippen LogP contribution in [0.2, 0.25) is 0 Å². The Hall–Kier alpha value is -2.28. The van der Waals surface area contributed by atoms with Gasteiger partial charge in [0.15, 0.2) is 5.16 Å². The molecule has 0 spiro atoms. The van der Waals surface area contributed by atoms with Gasteiger partial charge in [0.25, 0.3) is 5.56 Å². The lowest BCUT2D eigenvalue weighted by Gasteiger charge is -2.22. The zero-order valence-corrected chi connectivity index (χ0v) is 18.8. The molecule has 4 rings (SSSR count). The lowest BCUT2D eigenvalue weighted by Crippen LogP contribution is -2.32. The predicted molar refractivity (Wildman–Crippen MR) is 123 cm³/mol. The minimum atomic E-state index is -0.132. The molecular weight excluding hydrogens is 396 g/mol. The van der Waals surface area contributed by atoms with Crippen molar-refractivity contribution in [3.63, 3.8) is 0 Å². The van der Waals surface area contributed by atoms with E-state index in [0.717, 1.165) is 72.2 Å². The van der Waals surface area contributed by atoms with Gasteiger partial charge in [-0.05, 0) is 70.2 Å². The first-order valence-corrected chi connectivity index (χ1v) is 11.9. The molecule has 1 aromatic heterocycles. The van der Waals surface area contributed by atoms with Gasteiger partial charge < -0.3 is 10.2 Å². The van der Waals surface area contributed by atoms with E-state index in [1.807, 2.05) is 13.0 Å². The van der Waals surface area contributed by atoms with Crippen LogP contribution in [0.1, 0.15) is 56.0 Å². The molecule has 0 bridgehead atoms. The zero-order valence-electron chi connectivity index (χ0n) is 18.0. The fourth-order valence-corrected chi connectivity index (χ4v) is 5.61. The lowest BCUT2D eigenvalue weighted by molar-refractivity contribution is -0.116. The van der Waals surface area contributed by atoms with Crippen molar-refractivity contribution in [2.45, 2.75) is 64.1 Å². The highest BCUT2D eigenvalue weighted by Crippen LogP contribution is 2.34. The van der Waals surface area contributed by atoms with Crippen LogP contribution >= 0.6 is 11.8 Å². The Kier molecular flexibility index (Phi) is 6.18. The first kappa shape index (κ1) is 21.0. The third-order valence-electron chi connectivity index (χ3n) is 6.16. The van der Waals surface area contributed by atoms with Gasteiger partial charge in [0, 0.05) is 42.2 Å². The molecule has 30 heavy (non-hydrogen) atoms. The largest absolute Gasteiger partial charge is 0.372 e. The number of carbonyl (C=O) groups is 1. The molecule has 0 radical (unpaired) electrons. The van der Waals surface area contributed by atoms with Crippen LogP contribution in [0.4, 0.5) is 11.4 Å². The summed E-state index contributed by atoms with van der Waals surface area (Å²) < 4.78 is 1.77. The molecule has 1 N–H and O–H groups in total. The number of aryl methyl sites for hydroxylation is 2. The molecule has 0 fully saturated rings. The molecule has 7 heteroatoms. The summed E-state index contributed by atoms with van der Waals surface area (Å²) >= 11 is 1.59. The van der Waals surface area contributed by atoms with E-state index in [0.29, 0.717) is 0 Å². The van der Waals surface area contributed by atoms with Crippen LogP contribution < -0.4 is 15.8 Å². The number of rotatable bonds is 6. The molecule has 1 unspecified atom stereocenters. The average Bonchev–Trinajstić information content (AvgIpc) is 3.13. The summed E-state index contributed by atoms with van der Waals surface area (Å²) in [5, 5.41) is 3.83. The van der Waals surface area contributed by atoms with E-state index >= 15 is 0 Å². The van der Waals surface area contributed by atoms with Crippen LogP contribution in [0.15, 0.2) is 28.2 Å². The molecular formula is C23H30N4O2S. The lowest BCUT2D eigenvalue weighted by atomic mass is 9.97. The molecule has 2 heterocycles. The molecule has 0 saturated carbocycles. The van der Waals surface area contributed by atoms with Crippen molar-refractivity contribution in [2.75, 3.05) is 29.1 Å². The van der Waals surface area contributed by atoms with E-state index in [1.165, 1.54) is 5.69 Å². The first-order valence-electron chi connectivity index (χ1n) is 10.9. The number of anilines is 2. The van der Waals surface area contributed by atoms with E-state index < -0.39 is 0 Å². The van der Waals surface area contributed by atoms with E-state index in [1.54, 1.807) is 16.3 Å². The van der Waals surface area contributed by atoms with Crippen molar-refractivity contribution in [1.82, 2.24) is 9.55 Å². The Labute approximate surface area is 182 Å². The standard InChI is InChI=1S/C23H30N4O2S/c1-4-26(5-2)16-10-11-19(15(3)12-16)24-21(28)13-17-14-30-23-25-20-9-7-6-8-18(20)22(29)27(17)23/h10-12,17H,4-9,13-14H2,1-3H3,(H,24,28). The van der Waals surface area contributed by atoms with E-state index in [-0.39, 0.29) is 23.9 Å². The summed E-state index contributed by atoms with van der Waals surface area (Å²) in [7, 11) is 0. The summed E-state index contributed by atoms with van der Waals surface area (Å²) in [6.07, 6.45) is 4.14. The van der Waals surface area contributed by atoms with Crippen LogP contribution in [-0.2, 0) is 17.6 Å². The maximum atomic E-state index is 13.0. The van der Waals surface area contributed by atoms with Gasteiger partial charge in [0.05, 0.1) is 11.7 Å². The van der Waals surface area contributed by atoms with Crippen LogP contribution in [0.3, 0.4) is 0 Å². The van der Waals surface area contributed by atoms with E-state index in [9.17, 15) is 9.59 Å². The summed E-state index contributed by atoms with van der Waals surface area (Å²) in [6, 6.07) is 6.01. The monoisotopic (exact) mass is 426 g/mol. The number of carbonyl (C=O) groups excluding carboxylic acids is 1. The second-order valence-corrected chi connectivity index (χ2v) is 9.08. The Morgan fingerprint density at radius 2 is 2.03 bits per heavy atom. The maximum Gasteiger partial charge on any atom is 0.257 e. The highest BCUT2D eigenvalue weighted by atomic mass is 32.2. The van der Waals surface area contributed by atoms with Gasteiger partial charge in [-0.1, -0.05) is 11.8 Å². The molecule has 160 valence electrons. The summed E-state index contributed by atoms with van der Waals surface area (Å²) in [5.74, 6) is 0.662. The van der Waals surface area contributed by atoms with Crippen molar-refractivity contribution < 1.29 is 4.79 Å². The fraction of sp³-hybridized carbons (Fsp3) is 0.522. The summed E-state index contributed by atoms with van der Waals surface area (Å²) in [5.41, 5.74) is 4.94. The summed E-state index contributed by atoms with van der Waals surface area (Å²) in [6.45, 7) is 8.20. The number of aromatic nitrogens is 2. The van der Waals surface area contributed by atoms with Crippen molar-refractivity contribution >= 4 is 29.0 Å². The average molecular weight is 427 g/mol. The minimum Gasteiger partial charge on any atom is -0.372 e. The molecule has 0 saturated heterocycles. The van der Waals surface area contributed by atoms with E-state index in [2.05, 4.69) is 36.2 Å². The Morgan fingerprint density at radius 1 is 1.27 bits per heavy atom. The van der Waals surface area contributed by atoms with Crippen LogP contribution in [-0.4, -0.2) is 34.3 Å². The smallest absolute Gasteiger partial charge is 0.257 e. The number of amides is 1. The molecule has 2 aromatic rings. The maximum absolute atomic E-state index is 13.0. The van der Waals surface area contributed by atoms with Gasteiger partial charge in [0.2, 0.25) is 5.91 Å². The molecule has 2 aliphatic rings. The number of fused-ring (bicyclic) bond motifs is 2. The topological polar surface area (TPSA) is 67.2 Å². The second kappa shape index (κ2) is 8.84. The number of benzene rings is 1. The number of nitrogens with one attached hydrogen (secondary N) is 1. The molecule has 6 nitrogen and oxygen atoms in total. The minimum absolute atomic E-state index is 0.0586. The molecule has 1 amide bonds. The van der Waals surface area contributed by atoms with Gasteiger partial charge in [-0.3, -0.25) is 14.2 Å².